The number of nitrogens with zero attached hydrogens (tertiary/aromatic N) is 3. The molecule has 0 fully saturated rings. The van der Waals surface area contributed by atoms with Gasteiger partial charge in [-0.1, -0.05) is 11.6 Å². The lowest BCUT2D eigenvalue weighted by Crippen LogP contribution is -2.16. The Bertz CT molecular complexity index is 984. The van der Waals surface area contributed by atoms with Crippen LogP contribution in [0.1, 0.15) is 32.1 Å². The van der Waals surface area contributed by atoms with E-state index in [1.54, 1.807) is 23.7 Å². The van der Waals surface area contributed by atoms with Crippen LogP contribution in [0.5, 0.6) is 0 Å². The third kappa shape index (κ3) is 4.42. The molecule has 0 saturated carbocycles. The van der Waals surface area contributed by atoms with Gasteiger partial charge in [0.2, 0.25) is 0 Å². The van der Waals surface area contributed by atoms with Crippen LogP contribution in [0.15, 0.2) is 70.8 Å². The smallest absolute Gasteiger partial charge is 0.190 e. The molecule has 3 aromatic rings. The SMILES string of the molecule is Fc1ccc(-c2csc(=Nc3cccnc3)n2CCC2=CCCCC2)cc1. The molecule has 0 unspecified atom stereocenters. The van der Waals surface area contributed by atoms with Gasteiger partial charge in [-0.3, -0.25) is 4.98 Å². The highest BCUT2D eigenvalue weighted by Crippen LogP contribution is 2.24. The molecule has 0 aliphatic heterocycles. The molecule has 2 heterocycles. The van der Waals surface area contributed by atoms with Crippen molar-refractivity contribution in [3.63, 3.8) is 0 Å². The number of aromatic nitrogens is 2. The molecule has 4 rings (SSSR count). The molecule has 0 spiro atoms. The highest BCUT2D eigenvalue weighted by molar-refractivity contribution is 7.07. The summed E-state index contributed by atoms with van der Waals surface area (Å²) in [5.74, 6) is -0.215. The first kappa shape index (κ1) is 17.9. The van der Waals surface area contributed by atoms with Crippen molar-refractivity contribution in [2.45, 2.75) is 38.6 Å². The molecule has 1 aliphatic rings. The first-order valence-corrected chi connectivity index (χ1v) is 10.2. The van der Waals surface area contributed by atoms with Crippen LogP contribution in [-0.4, -0.2) is 9.55 Å². The minimum atomic E-state index is -0.215. The quantitative estimate of drug-likeness (QED) is 0.510. The van der Waals surface area contributed by atoms with Crippen molar-refractivity contribution in [2.75, 3.05) is 0 Å². The van der Waals surface area contributed by atoms with Gasteiger partial charge in [0.1, 0.15) is 5.82 Å². The predicted molar refractivity (Wildman–Crippen MR) is 108 cm³/mol. The van der Waals surface area contributed by atoms with Crippen LogP contribution >= 0.6 is 11.3 Å². The van der Waals surface area contributed by atoms with Crippen LogP contribution in [-0.2, 0) is 6.54 Å². The van der Waals surface area contributed by atoms with E-state index in [1.807, 2.05) is 24.3 Å². The van der Waals surface area contributed by atoms with Crippen molar-refractivity contribution < 1.29 is 4.39 Å². The third-order valence-electron chi connectivity index (χ3n) is 4.85. The number of benzene rings is 1. The van der Waals surface area contributed by atoms with Crippen molar-refractivity contribution >= 4 is 17.0 Å². The molecular weight excluding hydrogens is 357 g/mol. The number of hydrogen-bond donors (Lipinski definition) is 0. The average molecular weight is 380 g/mol. The molecule has 1 aliphatic carbocycles. The lowest BCUT2D eigenvalue weighted by atomic mass is 9.97. The summed E-state index contributed by atoms with van der Waals surface area (Å²) in [5.41, 5.74) is 4.48. The lowest BCUT2D eigenvalue weighted by molar-refractivity contribution is 0.620. The van der Waals surface area contributed by atoms with Gasteiger partial charge in [0, 0.05) is 18.1 Å². The zero-order valence-electron chi connectivity index (χ0n) is 15.1. The molecule has 0 saturated heterocycles. The fourth-order valence-electron chi connectivity index (χ4n) is 3.40. The largest absolute Gasteiger partial charge is 0.316 e. The van der Waals surface area contributed by atoms with E-state index < -0.39 is 0 Å². The molecular formula is C22H22FN3S. The number of pyridine rings is 1. The van der Waals surface area contributed by atoms with E-state index in [-0.39, 0.29) is 5.82 Å². The lowest BCUT2D eigenvalue weighted by Gasteiger charge is -2.14. The Kier molecular flexibility index (Phi) is 5.58. The van der Waals surface area contributed by atoms with Crippen LogP contribution in [0.2, 0.25) is 0 Å². The summed E-state index contributed by atoms with van der Waals surface area (Å²) >= 11 is 1.61. The molecule has 5 heteroatoms. The molecule has 0 atom stereocenters. The van der Waals surface area contributed by atoms with E-state index in [2.05, 4.69) is 21.0 Å². The fourth-order valence-corrected chi connectivity index (χ4v) is 4.36. The van der Waals surface area contributed by atoms with Gasteiger partial charge >= 0.3 is 0 Å². The monoisotopic (exact) mass is 379 g/mol. The second-order valence-electron chi connectivity index (χ2n) is 6.74. The van der Waals surface area contributed by atoms with Gasteiger partial charge in [-0.05, 0) is 74.1 Å². The van der Waals surface area contributed by atoms with Gasteiger partial charge in [0.25, 0.3) is 0 Å². The first-order valence-electron chi connectivity index (χ1n) is 9.36. The van der Waals surface area contributed by atoms with E-state index in [0.717, 1.165) is 34.7 Å². The van der Waals surface area contributed by atoms with E-state index >= 15 is 0 Å². The third-order valence-corrected chi connectivity index (χ3v) is 5.71. The standard InChI is InChI=1S/C22H22FN3S/c23-19-10-8-18(9-11-19)21-16-27-22(25-20-7-4-13-24-15-20)26(21)14-12-17-5-2-1-3-6-17/h4-5,7-11,13,15-16H,1-3,6,12,14H2. The fraction of sp³-hybridized carbons (Fsp3) is 0.273. The second-order valence-corrected chi connectivity index (χ2v) is 7.58. The van der Waals surface area contributed by atoms with Gasteiger partial charge in [0.15, 0.2) is 4.80 Å². The number of thiazole rings is 1. The zero-order valence-corrected chi connectivity index (χ0v) is 16.0. The molecule has 2 aromatic heterocycles. The van der Waals surface area contributed by atoms with Crippen LogP contribution in [0.4, 0.5) is 10.1 Å². The molecule has 0 radical (unpaired) electrons. The Labute approximate surface area is 162 Å². The Balaban J connectivity index is 1.71. The van der Waals surface area contributed by atoms with Crippen molar-refractivity contribution in [1.29, 1.82) is 0 Å². The van der Waals surface area contributed by atoms with Gasteiger partial charge in [0.05, 0.1) is 17.6 Å². The molecule has 1 aromatic carbocycles. The molecule has 0 bridgehead atoms. The Morgan fingerprint density at radius 1 is 1.15 bits per heavy atom. The molecule has 3 nitrogen and oxygen atoms in total. The van der Waals surface area contributed by atoms with Gasteiger partial charge in [-0.15, -0.1) is 11.3 Å². The molecule has 0 amide bonds. The maximum absolute atomic E-state index is 13.3. The van der Waals surface area contributed by atoms with Crippen LogP contribution in [0.3, 0.4) is 0 Å². The minimum absolute atomic E-state index is 0.215. The summed E-state index contributed by atoms with van der Waals surface area (Å²) in [6, 6.07) is 10.5. The second kappa shape index (κ2) is 8.44. The summed E-state index contributed by atoms with van der Waals surface area (Å²) < 4.78 is 15.6. The maximum Gasteiger partial charge on any atom is 0.190 e. The van der Waals surface area contributed by atoms with E-state index in [1.165, 1.54) is 43.4 Å². The van der Waals surface area contributed by atoms with Crippen molar-refractivity contribution in [2.24, 2.45) is 4.99 Å². The Morgan fingerprint density at radius 2 is 2.04 bits per heavy atom. The number of halogens is 1. The first-order chi connectivity index (χ1) is 13.3. The van der Waals surface area contributed by atoms with Crippen molar-refractivity contribution in [3.8, 4) is 11.3 Å². The zero-order chi connectivity index (χ0) is 18.5. The van der Waals surface area contributed by atoms with Crippen LogP contribution < -0.4 is 4.80 Å². The predicted octanol–water partition coefficient (Wildman–Crippen LogP) is 5.87. The summed E-state index contributed by atoms with van der Waals surface area (Å²) in [5, 5.41) is 2.11. The summed E-state index contributed by atoms with van der Waals surface area (Å²) in [4.78, 5) is 9.89. The van der Waals surface area contributed by atoms with Gasteiger partial charge < -0.3 is 4.57 Å². The average Bonchev–Trinajstić information content (AvgIpc) is 3.11. The Morgan fingerprint density at radius 3 is 2.78 bits per heavy atom. The highest BCUT2D eigenvalue weighted by atomic mass is 32.1. The number of hydrogen-bond acceptors (Lipinski definition) is 3. The number of rotatable bonds is 5. The minimum Gasteiger partial charge on any atom is -0.316 e. The molecule has 138 valence electrons. The van der Waals surface area contributed by atoms with E-state index in [9.17, 15) is 4.39 Å². The molecule has 0 N–H and O–H groups in total. The van der Waals surface area contributed by atoms with Crippen LogP contribution in [0, 0.1) is 5.82 Å². The normalized spacial score (nSPS) is 15.0. The summed E-state index contributed by atoms with van der Waals surface area (Å²) in [7, 11) is 0. The van der Waals surface area contributed by atoms with Crippen LogP contribution in [0.25, 0.3) is 11.3 Å². The topological polar surface area (TPSA) is 30.2 Å². The maximum atomic E-state index is 13.3. The summed E-state index contributed by atoms with van der Waals surface area (Å²) in [6.07, 6.45) is 11.9. The van der Waals surface area contributed by atoms with Gasteiger partial charge in [-0.25, -0.2) is 9.38 Å². The number of allylic oxidation sites excluding steroid dienone is 2. The van der Waals surface area contributed by atoms with Crippen molar-refractivity contribution in [3.05, 3.63) is 76.4 Å². The highest BCUT2D eigenvalue weighted by Gasteiger charge is 2.10. The van der Waals surface area contributed by atoms with E-state index in [0.29, 0.717) is 0 Å². The Hall–Kier alpha value is -2.53. The van der Waals surface area contributed by atoms with Crippen molar-refractivity contribution in [1.82, 2.24) is 9.55 Å². The van der Waals surface area contributed by atoms with Gasteiger partial charge in [-0.2, -0.15) is 0 Å². The summed E-state index contributed by atoms with van der Waals surface area (Å²) in [6.45, 7) is 0.876. The van der Waals surface area contributed by atoms with E-state index in [4.69, 9.17) is 4.99 Å². The molecule has 27 heavy (non-hydrogen) atoms.